The van der Waals surface area contributed by atoms with Gasteiger partial charge < -0.3 is 14.2 Å². The van der Waals surface area contributed by atoms with E-state index in [0.29, 0.717) is 12.3 Å². The average Bonchev–Trinajstić information content (AvgIpc) is 3.09. The maximum Gasteiger partial charge on any atom is 0.256 e. The molecule has 1 aromatic heterocycles. The minimum atomic E-state index is -0.657. The Bertz CT molecular complexity index is 744. The molecule has 0 spiro atoms. The molecule has 0 bridgehead atoms. The van der Waals surface area contributed by atoms with Gasteiger partial charge in [-0.1, -0.05) is 23.2 Å². The smallest absolute Gasteiger partial charge is 0.256 e. The van der Waals surface area contributed by atoms with E-state index in [9.17, 15) is 9.18 Å². The third-order valence-corrected chi connectivity index (χ3v) is 5.14. The second-order valence-electron chi connectivity index (χ2n) is 6.29. The summed E-state index contributed by atoms with van der Waals surface area (Å²) in [7, 11) is 2.06. The Hall–Kier alpha value is -1.56. The Morgan fingerprint density at radius 3 is 2.68 bits per heavy atom. The van der Waals surface area contributed by atoms with Gasteiger partial charge in [-0.25, -0.2) is 4.39 Å². The summed E-state index contributed by atoms with van der Waals surface area (Å²) in [6.07, 6.45) is 3.26. The van der Waals surface area contributed by atoms with E-state index in [2.05, 4.69) is 11.9 Å². The quantitative estimate of drug-likeness (QED) is 0.730. The summed E-state index contributed by atoms with van der Waals surface area (Å²) in [6.45, 7) is 2.12. The van der Waals surface area contributed by atoms with Crippen LogP contribution in [0.4, 0.5) is 4.39 Å². The minimum Gasteiger partial charge on any atom is -0.467 e. The molecule has 1 amide bonds. The van der Waals surface area contributed by atoms with Crippen LogP contribution >= 0.6 is 23.2 Å². The van der Waals surface area contributed by atoms with E-state index in [1.807, 2.05) is 6.07 Å². The van der Waals surface area contributed by atoms with Gasteiger partial charge in [0.05, 0.1) is 28.4 Å². The summed E-state index contributed by atoms with van der Waals surface area (Å²) < 4.78 is 19.3. The molecule has 2 heterocycles. The van der Waals surface area contributed by atoms with Crippen LogP contribution in [0.5, 0.6) is 0 Å². The molecule has 134 valence electrons. The Kier molecular flexibility index (Phi) is 5.67. The van der Waals surface area contributed by atoms with Crippen molar-refractivity contribution in [1.29, 1.82) is 0 Å². The van der Waals surface area contributed by atoms with Crippen LogP contribution in [0.3, 0.4) is 0 Å². The van der Waals surface area contributed by atoms with Gasteiger partial charge in [0.25, 0.3) is 5.91 Å². The molecule has 1 fully saturated rings. The van der Waals surface area contributed by atoms with Crippen LogP contribution in [-0.2, 0) is 6.54 Å². The Morgan fingerprint density at radius 1 is 1.32 bits per heavy atom. The largest absolute Gasteiger partial charge is 0.467 e. The topological polar surface area (TPSA) is 36.7 Å². The Balaban J connectivity index is 1.90. The van der Waals surface area contributed by atoms with Gasteiger partial charge >= 0.3 is 0 Å². The fourth-order valence-corrected chi connectivity index (χ4v) is 3.55. The van der Waals surface area contributed by atoms with Crippen molar-refractivity contribution >= 4 is 29.1 Å². The summed E-state index contributed by atoms with van der Waals surface area (Å²) in [4.78, 5) is 17.1. The third-order valence-electron chi connectivity index (χ3n) is 4.54. The number of carbonyl (C=O) groups excluding carboxylic acids is 1. The molecule has 0 unspecified atom stereocenters. The zero-order chi connectivity index (χ0) is 18.0. The van der Waals surface area contributed by atoms with Crippen LogP contribution < -0.4 is 0 Å². The van der Waals surface area contributed by atoms with Gasteiger partial charge in [-0.3, -0.25) is 4.79 Å². The number of rotatable bonds is 4. The van der Waals surface area contributed by atoms with E-state index in [0.717, 1.165) is 32.0 Å². The first-order valence-corrected chi connectivity index (χ1v) is 8.87. The molecule has 0 aliphatic carbocycles. The predicted molar refractivity (Wildman–Crippen MR) is 95.5 cm³/mol. The summed E-state index contributed by atoms with van der Waals surface area (Å²) >= 11 is 11.9. The number of hydrogen-bond donors (Lipinski definition) is 0. The van der Waals surface area contributed by atoms with Crippen LogP contribution in [0.2, 0.25) is 10.0 Å². The van der Waals surface area contributed by atoms with Crippen molar-refractivity contribution in [3.05, 3.63) is 57.7 Å². The molecular formula is C18H19Cl2FN2O2. The SMILES string of the molecule is CN1CCC(N(Cc2ccco2)C(=O)c2cc(F)c(Cl)cc2Cl)CC1. The van der Waals surface area contributed by atoms with E-state index in [-0.39, 0.29) is 27.6 Å². The van der Waals surface area contributed by atoms with Crippen LogP contribution in [0.1, 0.15) is 29.0 Å². The van der Waals surface area contributed by atoms with Crippen molar-refractivity contribution in [2.45, 2.75) is 25.4 Å². The number of amides is 1. The molecule has 7 heteroatoms. The molecule has 1 aliphatic heterocycles. The fraction of sp³-hybridized carbons (Fsp3) is 0.389. The van der Waals surface area contributed by atoms with Crippen molar-refractivity contribution in [3.8, 4) is 0 Å². The number of nitrogens with zero attached hydrogens (tertiary/aromatic N) is 2. The number of likely N-dealkylation sites (tertiary alicyclic amines) is 1. The first kappa shape index (κ1) is 18.2. The summed E-state index contributed by atoms with van der Waals surface area (Å²) in [5, 5.41) is 0.0483. The molecule has 3 rings (SSSR count). The predicted octanol–water partition coefficient (Wildman–Crippen LogP) is 4.46. The highest BCUT2D eigenvalue weighted by Gasteiger charge is 2.30. The zero-order valence-corrected chi connectivity index (χ0v) is 15.4. The van der Waals surface area contributed by atoms with Gasteiger partial charge in [0, 0.05) is 6.04 Å². The number of furan rings is 1. The number of hydrogen-bond acceptors (Lipinski definition) is 3. The van der Waals surface area contributed by atoms with Crippen molar-refractivity contribution in [2.75, 3.05) is 20.1 Å². The molecule has 0 atom stereocenters. The van der Waals surface area contributed by atoms with Crippen molar-refractivity contribution < 1.29 is 13.6 Å². The van der Waals surface area contributed by atoms with E-state index in [1.165, 1.54) is 6.07 Å². The normalized spacial score (nSPS) is 16.2. The molecule has 0 saturated carbocycles. The number of halogens is 3. The zero-order valence-electron chi connectivity index (χ0n) is 13.8. The molecule has 1 aliphatic rings. The molecule has 4 nitrogen and oxygen atoms in total. The molecule has 0 N–H and O–H groups in total. The number of piperidine rings is 1. The standard InChI is InChI=1S/C18H19Cl2FN2O2/c1-22-6-4-12(5-7-22)23(11-13-3-2-8-25-13)18(24)14-9-17(21)16(20)10-15(14)19/h2-3,8-10,12H,4-7,11H2,1H3. The molecule has 25 heavy (non-hydrogen) atoms. The lowest BCUT2D eigenvalue weighted by atomic mass is 10.0. The van der Waals surface area contributed by atoms with Crippen LogP contribution in [0, 0.1) is 5.82 Å². The number of benzene rings is 1. The van der Waals surface area contributed by atoms with E-state index < -0.39 is 5.82 Å². The van der Waals surface area contributed by atoms with E-state index >= 15 is 0 Å². The van der Waals surface area contributed by atoms with Crippen LogP contribution in [0.25, 0.3) is 0 Å². The number of carbonyl (C=O) groups is 1. The molecular weight excluding hydrogens is 366 g/mol. The molecule has 0 radical (unpaired) electrons. The Morgan fingerprint density at radius 2 is 2.04 bits per heavy atom. The van der Waals surface area contributed by atoms with Gasteiger partial charge in [0.15, 0.2) is 0 Å². The lowest BCUT2D eigenvalue weighted by Gasteiger charge is -2.37. The summed E-state index contributed by atoms with van der Waals surface area (Å²) in [5.74, 6) is -0.292. The fourth-order valence-electron chi connectivity index (χ4n) is 3.08. The lowest BCUT2D eigenvalue weighted by Crippen LogP contribution is -2.46. The third kappa shape index (κ3) is 4.17. The van der Waals surface area contributed by atoms with E-state index in [4.69, 9.17) is 27.6 Å². The second-order valence-corrected chi connectivity index (χ2v) is 7.11. The van der Waals surface area contributed by atoms with Crippen molar-refractivity contribution in [1.82, 2.24) is 9.80 Å². The first-order chi connectivity index (χ1) is 12.0. The minimum absolute atomic E-state index is 0.0450. The van der Waals surface area contributed by atoms with Crippen LogP contribution in [0.15, 0.2) is 34.9 Å². The Labute approximate surface area is 156 Å². The second kappa shape index (κ2) is 7.77. The maximum atomic E-state index is 13.9. The summed E-state index contributed by atoms with van der Waals surface area (Å²) in [6, 6.07) is 6.02. The average molecular weight is 385 g/mol. The van der Waals surface area contributed by atoms with Gasteiger partial charge in [-0.2, -0.15) is 0 Å². The molecule has 1 aromatic carbocycles. The highest BCUT2D eigenvalue weighted by molar-refractivity contribution is 6.36. The monoisotopic (exact) mass is 384 g/mol. The van der Waals surface area contributed by atoms with Crippen molar-refractivity contribution in [2.24, 2.45) is 0 Å². The molecule has 2 aromatic rings. The van der Waals surface area contributed by atoms with E-state index in [1.54, 1.807) is 17.2 Å². The van der Waals surface area contributed by atoms with Gasteiger partial charge in [-0.15, -0.1) is 0 Å². The van der Waals surface area contributed by atoms with Gasteiger partial charge in [0.1, 0.15) is 11.6 Å². The maximum absolute atomic E-state index is 13.9. The first-order valence-electron chi connectivity index (χ1n) is 8.12. The van der Waals surface area contributed by atoms with Gasteiger partial charge in [-0.05, 0) is 57.2 Å². The summed E-state index contributed by atoms with van der Waals surface area (Å²) in [5.41, 5.74) is 0.119. The highest BCUT2D eigenvalue weighted by atomic mass is 35.5. The van der Waals surface area contributed by atoms with Crippen LogP contribution in [-0.4, -0.2) is 41.9 Å². The molecule has 1 saturated heterocycles. The van der Waals surface area contributed by atoms with Gasteiger partial charge in [0.2, 0.25) is 0 Å². The lowest BCUT2D eigenvalue weighted by molar-refractivity contribution is 0.0550. The highest BCUT2D eigenvalue weighted by Crippen LogP contribution is 2.28. The van der Waals surface area contributed by atoms with Crippen molar-refractivity contribution in [3.63, 3.8) is 0 Å².